The van der Waals surface area contributed by atoms with Gasteiger partial charge in [-0.15, -0.1) is 0 Å². The van der Waals surface area contributed by atoms with E-state index in [1.165, 1.54) is 49.8 Å². The van der Waals surface area contributed by atoms with Crippen molar-refractivity contribution in [1.82, 2.24) is 10.2 Å². The molecule has 0 aromatic heterocycles. The van der Waals surface area contributed by atoms with Gasteiger partial charge in [0.05, 0.1) is 0 Å². The normalized spacial score (nSPS) is 16.8. The number of benzene rings is 1. The maximum absolute atomic E-state index is 3.64. The molecule has 0 unspecified atom stereocenters. The van der Waals surface area contributed by atoms with Gasteiger partial charge in [0.25, 0.3) is 0 Å². The zero-order valence-corrected chi connectivity index (χ0v) is 13.2. The topological polar surface area (TPSA) is 15.3 Å². The van der Waals surface area contributed by atoms with Crippen LogP contribution in [0, 0.1) is 12.8 Å². The van der Waals surface area contributed by atoms with Crippen molar-refractivity contribution >= 4 is 0 Å². The highest BCUT2D eigenvalue weighted by Gasteiger charge is 2.12. The fraction of sp³-hybridized carbons (Fsp3) is 0.667. The summed E-state index contributed by atoms with van der Waals surface area (Å²) in [6, 6.07) is 8.69. The van der Waals surface area contributed by atoms with Crippen molar-refractivity contribution in [2.45, 2.75) is 45.6 Å². The monoisotopic (exact) mass is 274 g/mol. The molecule has 0 amide bonds. The van der Waals surface area contributed by atoms with Crippen LogP contribution in [0.4, 0.5) is 0 Å². The number of nitrogens with one attached hydrogen (secondary N) is 1. The van der Waals surface area contributed by atoms with E-state index in [2.05, 4.69) is 48.5 Å². The minimum absolute atomic E-state index is 0.936. The average Bonchev–Trinajstić information content (AvgIpc) is 2.47. The molecule has 0 saturated heterocycles. The highest BCUT2D eigenvalue weighted by atomic mass is 15.1. The van der Waals surface area contributed by atoms with Gasteiger partial charge in [-0.05, 0) is 50.4 Å². The van der Waals surface area contributed by atoms with Gasteiger partial charge in [0.2, 0.25) is 0 Å². The molecule has 1 saturated carbocycles. The molecule has 0 bridgehead atoms. The average molecular weight is 274 g/mol. The molecule has 1 N–H and O–H groups in total. The lowest BCUT2D eigenvalue weighted by molar-refractivity contribution is 0.303. The zero-order valence-electron chi connectivity index (χ0n) is 13.2. The van der Waals surface area contributed by atoms with E-state index in [-0.39, 0.29) is 0 Å². The van der Waals surface area contributed by atoms with Gasteiger partial charge in [0.15, 0.2) is 0 Å². The first kappa shape index (κ1) is 15.5. The van der Waals surface area contributed by atoms with Crippen LogP contribution < -0.4 is 5.32 Å². The largest absolute Gasteiger partial charge is 0.315 e. The van der Waals surface area contributed by atoms with Crippen LogP contribution in [0.25, 0.3) is 0 Å². The third-order valence-corrected chi connectivity index (χ3v) is 4.53. The lowest BCUT2D eigenvalue weighted by Gasteiger charge is -2.23. The Morgan fingerprint density at radius 3 is 2.65 bits per heavy atom. The molecule has 2 nitrogen and oxygen atoms in total. The van der Waals surface area contributed by atoms with Crippen molar-refractivity contribution in [1.29, 1.82) is 0 Å². The predicted octanol–water partition coefficient (Wildman–Crippen LogP) is 3.60. The molecule has 0 atom stereocenters. The van der Waals surface area contributed by atoms with Gasteiger partial charge in [-0.2, -0.15) is 0 Å². The van der Waals surface area contributed by atoms with Crippen molar-refractivity contribution < 1.29 is 0 Å². The first-order valence-corrected chi connectivity index (χ1v) is 8.19. The lowest BCUT2D eigenvalue weighted by Crippen LogP contribution is -2.32. The number of hydrogen-bond acceptors (Lipinski definition) is 2. The molecule has 1 aromatic carbocycles. The molecule has 2 rings (SSSR count). The molecular weight excluding hydrogens is 244 g/mol. The van der Waals surface area contributed by atoms with Gasteiger partial charge in [-0.25, -0.2) is 0 Å². The summed E-state index contributed by atoms with van der Waals surface area (Å²) in [5, 5.41) is 3.64. The molecule has 0 heterocycles. The fourth-order valence-corrected chi connectivity index (χ4v) is 3.12. The van der Waals surface area contributed by atoms with Gasteiger partial charge >= 0.3 is 0 Å². The first-order chi connectivity index (χ1) is 9.75. The van der Waals surface area contributed by atoms with Crippen molar-refractivity contribution in [3.63, 3.8) is 0 Å². The Bertz CT molecular complexity index is 383. The summed E-state index contributed by atoms with van der Waals surface area (Å²) in [4.78, 5) is 2.41. The van der Waals surface area contributed by atoms with Crippen LogP contribution in [-0.2, 0) is 6.54 Å². The highest BCUT2D eigenvalue weighted by molar-refractivity contribution is 5.25. The van der Waals surface area contributed by atoms with Gasteiger partial charge in [-0.3, -0.25) is 0 Å². The van der Waals surface area contributed by atoms with Gasteiger partial charge in [0.1, 0.15) is 0 Å². The molecular formula is C18H30N2. The number of likely N-dealkylation sites (N-methyl/N-ethyl adjacent to an activating group) is 1. The van der Waals surface area contributed by atoms with E-state index in [1.54, 1.807) is 0 Å². The first-order valence-electron chi connectivity index (χ1n) is 8.19. The number of aryl methyl sites for hydroxylation is 1. The molecule has 1 fully saturated rings. The van der Waals surface area contributed by atoms with Gasteiger partial charge < -0.3 is 10.2 Å². The van der Waals surface area contributed by atoms with E-state index in [4.69, 9.17) is 0 Å². The van der Waals surface area contributed by atoms with Crippen LogP contribution in [0.5, 0.6) is 0 Å². The standard InChI is InChI=1S/C18H30N2/c1-16-8-6-7-11-18(16)15-20(2)13-12-19-14-17-9-4-3-5-10-17/h6-8,11,17,19H,3-5,9-10,12-15H2,1-2H3. The third kappa shape index (κ3) is 5.26. The summed E-state index contributed by atoms with van der Waals surface area (Å²) in [6.45, 7) is 6.71. The van der Waals surface area contributed by atoms with E-state index >= 15 is 0 Å². The minimum Gasteiger partial charge on any atom is -0.315 e. The summed E-state index contributed by atoms with van der Waals surface area (Å²) < 4.78 is 0. The Kier molecular flexibility index (Phi) is 6.55. The number of hydrogen-bond donors (Lipinski definition) is 1. The van der Waals surface area contributed by atoms with Crippen LogP contribution in [0.15, 0.2) is 24.3 Å². The van der Waals surface area contributed by atoms with Crippen LogP contribution in [-0.4, -0.2) is 31.6 Å². The predicted molar refractivity (Wildman–Crippen MR) is 87.0 cm³/mol. The smallest absolute Gasteiger partial charge is 0.0233 e. The quantitative estimate of drug-likeness (QED) is 0.764. The van der Waals surface area contributed by atoms with E-state index in [1.807, 2.05) is 0 Å². The Morgan fingerprint density at radius 2 is 1.90 bits per heavy atom. The van der Waals surface area contributed by atoms with E-state index < -0.39 is 0 Å². The van der Waals surface area contributed by atoms with Crippen molar-refractivity contribution in [3.8, 4) is 0 Å². The molecule has 2 heteroatoms. The third-order valence-electron chi connectivity index (χ3n) is 4.53. The van der Waals surface area contributed by atoms with Crippen molar-refractivity contribution in [2.75, 3.05) is 26.7 Å². The van der Waals surface area contributed by atoms with Crippen molar-refractivity contribution in [3.05, 3.63) is 35.4 Å². The Labute approximate surface area is 124 Å². The lowest BCUT2D eigenvalue weighted by atomic mass is 9.89. The van der Waals surface area contributed by atoms with Crippen molar-refractivity contribution in [2.24, 2.45) is 5.92 Å². The maximum Gasteiger partial charge on any atom is 0.0233 e. The summed E-state index contributed by atoms with van der Waals surface area (Å²) in [5.74, 6) is 0.936. The fourth-order valence-electron chi connectivity index (χ4n) is 3.12. The van der Waals surface area contributed by atoms with E-state index in [0.717, 1.165) is 25.6 Å². The second kappa shape index (κ2) is 8.43. The summed E-state index contributed by atoms with van der Waals surface area (Å²) in [7, 11) is 2.22. The molecule has 1 aliphatic carbocycles. The molecule has 0 spiro atoms. The SMILES string of the molecule is Cc1ccccc1CN(C)CCNCC1CCCCC1. The molecule has 112 valence electrons. The van der Waals surface area contributed by atoms with E-state index in [0.29, 0.717) is 0 Å². The maximum atomic E-state index is 3.64. The van der Waals surface area contributed by atoms with Crippen LogP contribution in [0.2, 0.25) is 0 Å². The summed E-state index contributed by atoms with van der Waals surface area (Å²) >= 11 is 0. The second-order valence-corrected chi connectivity index (χ2v) is 6.37. The summed E-state index contributed by atoms with van der Waals surface area (Å²) in [6.07, 6.45) is 7.22. The Balaban J connectivity index is 1.60. The highest BCUT2D eigenvalue weighted by Crippen LogP contribution is 2.22. The molecule has 1 aromatic rings. The molecule has 1 aliphatic rings. The number of nitrogens with zero attached hydrogens (tertiary/aromatic N) is 1. The van der Waals surface area contributed by atoms with Gasteiger partial charge in [-0.1, -0.05) is 43.5 Å². The number of rotatable bonds is 7. The Hall–Kier alpha value is -0.860. The molecule has 20 heavy (non-hydrogen) atoms. The Morgan fingerprint density at radius 1 is 1.15 bits per heavy atom. The van der Waals surface area contributed by atoms with E-state index in [9.17, 15) is 0 Å². The van der Waals surface area contributed by atoms with Crippen LogP contribution in [0.1, 0.15) is 43.2 Å². The zero-order chi connectivity index (χ0) is 14.2. The summed E-state index contributed by atoms with van der Waals surface area (Å²) in [5.41, 5.74) is 2.84. The second-order valence-electron chi connectivity index (χ2n) is 6.37. The van der Waals surface area contributed by atoms with Gasteiger partial charge in [0, 0.05) is 19.6 Å². The van der Waals surface area contributed by atoms with Crippen LogP contribution in [0.3, 0.4) is 0 Å². The molecule has 0 aliphatic heterocycles. The van der Waals surface area contributed by atoms with Crippen LogP contribution >= 0.6 is 0 Å². The molecule has 0 radical (unpaired) electrons. The minimum atomic E-state index is 0.936.